The Kier molecular flexibility index (Phi) is 4.81. The zero-order valence-electron chi connectivity index (χ0n) is 9.65. The first-order valence-corrected chi connectivity index (χ1v) is 6.02. The van der Waals surface area contributed by atoms with Crippen molar-refractivity contribution in [3.8, 4) is 0 Å². The maximum absolute atomic E-state index is 12.1. The maximum atomic E-state index is 12.1. The van der Waals surface area contributed by atoms with E-state index in [1.165, 1.54) is 0 Å². The van der Waals surface area contributed by atoms with Crippen molar-refractivity contribution in [3.05, 3.63) is 0 Å². The third-order valence-corrected chi connectivity index (χ3v) is 3.35. The fraction of sp³-hybridized carbons (Fsp3) is 0.917. The molecule has 0 aromatic rings. The van der Waals surface area contributed by atoms with Crippen molar-refractivity contribution in [2.45, 2.75) is 58.0 Å². The highest BCUT2D eigenvalue weighted by atomic mass is 19.4. The largest absolute Gasteiger partial charge is 0.389 e. The summed E-state index contributed by atoms with van der Waals surface area (Å²) in [7, 11) is 0. The van der Waals surface area contributed by atoms with Gasteiger partial charge in [-0.25, -0.2) is 0 Å². The fourth-order valence-electron chi connectivity index (χ4n) is 2.49. The average Bonchev–Trinajstić information content (AvgIpc) is 2.18. The summed E-state index contributed by atoms with van der Waals surface area (Å²) in [4.78, 5) is 11.5. The predicted octanol–water partition coefficient (Wildman–Crippen LogP) is 4.11. The number of hydrogen-bond acceptors (Lipinski definition) is 1. The molecule has 0 saturated heterocycles. The molecule has 0 aromatic carbocycles. The summed E-state index contributed by atoms with van der Waals surface area (Å²) in [6.07, 6.45) is -0.853. The number of hydrogen-bond donors (Lipinski definition) is 0. The first-order chi connectivity index (χ1) is 7.42. The standard InChI is InChI=1S/C12H19F3O/c1-2-3-9-4-5-11(16)10(8-9)6-7-12(13,14)15/h9-10H,2-8H2,1H3. The van der Waals surface area contributed by atoms with Crippen LogP contribution in [-0.2, 0) is 4.79 Å². The topological polar surface area (TPSA) is 17.1 Å². The van der Waals surface area contributed by atoms with Crippen molar-refractivity contribution in [3.63, 3.8) is 0 Å². The number of halogens is 3. The van der Waals surface area contributed by atoms with Crippen molar-refractivity contribution in [1.29, 1.82) is 0 Å². The monoisotopic (exact) mass is 236 g/mol. The minimum absolute atomic E-state index is 0.0114. The number of carbonyl (C=O) groups excluding carboxylic acids is 1. The molecule has 1 saturated carbocycles. The van der Waals surface area contributed by atoms with E-state index in [4.69, 9.17) is 0 Å². The molecule has 0 heterocycles. The van der Waals surface area contributed by atoms with Crippen LogP contribution in [0.25, 0.3) is 0 Å². The van der Waals surface area contributed by atoms with Gasteiger partial charge in [0.05, 0.1) is 0 Å². The summed E-state index contributed by atoms with van der Waals surface area (Å²) in [5.41, 5.74) is 0. The lowest BCUT2D eigenvalue weighted by Crippen LogP contribution is -2.26. The summed E-state index contributed by atoms with van der Waals surface area (Å²) in [5.74, 6) is 0.157. The van der Waals surface area contributed by atoms with Crippen LogP contribution in [0.2, 0.25) is 0 Å². The van der Waals surface area contributed by atoms with E-state index in [2.05, 4.69) is 6.92 Å². The van der Waals surface area contributed by atoms with E-state index in [1.54, 1.807) is 0 Å². The molecule has 0 spiro atoms. The van der Waals surface area contributed by atoms with Gasteiger partial charge in [-0.3, -0.25) is 4.79 Å². The minimum Gasteiger partial charge on any atom is -0.299 e. The molecule has 4 heteroatoms. The molecule has 1 aliphatic rings. The van der Waals surface area contributed by atoms with E-state index in [0.717, 1.165) is 19.3 Å². The van der Waals surface area contributed by atoms with Gasteiger partial charge in [0, 0.05) is 18.8 Å². The Hall–Kier alpha value is -0.540. The van der Waals surface area contributed by atoms with Gasteiger partial charge in [-0.1, -0.05) is 19.8 Å². The summed E-state index contributed by atoms with van der Waals surface area (Å²) >= 11 is 0. The van der Waals surface area contributed by atoms with Gasteiger partial charge in [0.2, 0.25) is 0 Å². The highest BCUT2D eigenvalue weighted by Crippen LogP contribution is 2.34. The molecule has 0 aromatic heterocycles. The summed E-state index contributed by atoms with van der Waals surface area (Å²) in [6.45, 7) is 2.07. The molecule has 1 nitrogen and oxygen atoms in total. The lowest BCUT2D eigenvalue weighted by atomic mass is 9.77. The van der Waals surface area contributed by atoms with E-state index in [-0.39, 0.29) is 18.1 Å². The first kappa shape index (κ1) is 13.5. The van der Waals surface area contributed by atoms with Crippen LogP contribution >= 0.6 is 0 Å². The van der Waals surface area contributed by atoms with E-state index < -0.39 is 12.6 Å². The highest BCUT2D eigenvalue weighted by Gasteiger charge is 2.33. The van der Waals surface area contributed by atoms with E-state index in [0.29, 0.717) is 18.8 Å². The third kappa shape index (κ3) is 4.54. The molecule has 0 radical (unpaired) electrons. The number of rotatable bonds is 4. The summed E-state index contributed by atoms with van der Waals surface area (Å²) in [5, 5.41) is 0. The number of carbonyl (C=O) groups is 1. The van der Waals surface area contributed by atoms with Gasteiger partial charge >= 0.3 is 6.18 Å². The van der Waals surface area contributed by atoms with Crippen LogP contribution in [0.1, 0.15) is 51.9 Å². The van der Waals surface area contributed by atoms with Crippen LogP contribution in [0, 0.1) is 11.8 Å². The zero-order chi connectivity index (χ0) is 12.2. The van der Waals surface area contributed by atoms with Crippen LogP contribution in [0.15, 0.2) is 0 Å². The molecule has 16 heavy (non-hydrogen) atoms. The van der Waals surface area contributed by atoms with Crippen molar-refractivity contribution >= 4 is 5.78 Å². The Morgan fingerprint density at radius 1 is 1.31 bits per heavy atom. The van der Waals surface area contributed by atoms with Gasteiger partial charge in [-0.05, 0) is 25.2 Å². The molecular weight excluding hydrogens is 217 g/mol. The van der Waals surface area contributed by atoms with Crippen molar-refractivity contribution in [2.24, 2.45) is 11.8 Å². The second kappa shape index (κ2) is 5.69. The molecule has 0 aliphatic heterocycles. The Morgan fingerprint density at radius 3 is 2.56 bits per heavy atom. The quantitative estimate of drug-likeness (QED) is 0.717. The smallest absolute Gasteiger partial charge is 0.299 e. The Balaban J connectivity index is 2.40. The van der Waals surface area contributed by atoms with Gasteiger partial charge in [-0.15, -0.1) is 0 Å². The second-order valence-corrected chi connectivity index (χ2v) is 4.75. The van der Waals surface area contributed by atoms with Crippen molar-refractivity contribution in [1.82, 2.24) is 0 Å². The lowest BCUT2D eigenvalue weighted by molar-refractivity contribution is -0.142. The molecule has 2 atom stereocenters. The van der Waals surface area contributed by atoms with Gasteiger partial charge in [-0.2, -0.15) is 13.2 Å². The number of alkyl halides is 3. The van der Waals surface area contributed by atoms with Crippen LogP contribution in [0.5, 0.6) is 0 Å². The van der Waals surface area contributed by atoms with Gasteiger partial charge in [0.25, 0.3) is 0 Å². The van der Waals surface area contributed by atoms with Gasteiger partial charge < -0.3 is 0 Å². The van der Waals surface area contributed by atoms with Gasteiger partial charge in [0.1, 0.15) is 5.78 Å². The lowest BCUT2D eigenvalue weighted by Gasteiger charge is -2.28. The molecule has 2 unspecified atom stereocenters. The Bertz CT molecular complexity index is 235. The average molecular weight is 236 g/mol. The predicted molar refractivity (Wildman–Crippen MR) is 56.0 cm³/mol. The second-order valence-electron chi connectivity index (χ2n) is 4.75. The fourth-order valence-corrected chi connectivity index (χ4v) is 2.49. The molecule has 0 bridgehead atoms. The third-order valence-electron chi connectivity index (χ3n) is 3.35. The molecule has 1 rings (SSSR count). The van der Waals surface area contributed by atoms with Crippen molar-refractivity contribution in [2.75, 3.05) is 0 Å². The van der Waals surface area contributed by atoms with Crippen LogP contribution in [-0.4, -0.2) is 12.0 Å². The Labute approximate surface area is 94.4 Å². The van der Waals surface area contributed by atoms with Crippen LogP contribution in [0.3, 0.4) is 0 Å². The van der Waals surface area contributed by atoms with Crippen LogP contribution < -0.4 is 0 Å². The molecule has 94 valence electrons. The molecule has 1 aliphatic carbocycles. The highest BCUT2D eigenvalue weighted by molar-refractivity contribution is 5.81. The Morgan fingerprint density at radius 2 is 2.00 bits per heavy atom. The summed E-state index contributed by atoms with van der Waals surface area (Å²) in [6, 6.07) is 0. The minimum atomic E-state index is -4.13. The molecule has 0 N–H and O–H groups in total. The van der Waals surface area contributed by atoms with Gasteiger partial charge in [0.15, 0.2) is 0 Å². The molecule has 1 fully saturated rings. The first-order valence-electron chi connectivity index (χ1n) is 6.02. The number of ketones is 1. The molecule has 0 amide bonds. The van der Waals surface area contributed by atoms with E-state index >= 15 is 0 Å². The van der Waals surface area contributed by atoms with Crippen molar-refractivity contribution < 1.29 is 18.0 Å². The SMILES string of the molecule is CCCC1CCC(=O)C(CCC(F)(F)F)C1. The molecular formula is C12H19F3O. The zero-order valence-corrected chi connectivity index (χ0v) is 9.65. The number of Topliss-reactive ketones (excluding diaryl/α,β-unsaturated/α-hetero) is 1. The van der Waals surface area contributed by atoms with E-state index in [1.807, 2.05) is 0 Å². The normalized spacial score (nSPS) is 27.1. The maximum Gasteiger partial charge on any atom is 0.389 e. The van der Waals surface area contributed by atoms with E-state index in [9.17, 15) is 18.0 Å². The summed E-state index contributed by atoms with van der Waals surface area (Å²) < 4.78 is 36.2. The van der Waals surface area contributed by atoms with Crippen LogP contribution in [0.4, 0.5) is 13.2 Å².